The number of benzene rings is 2. The zero-order valence-electron chi connectivity index (χ0n) is 19.9. The molecule has 3 aromatic rings. The van der Waals surface area contributed by atoms with Crippen LogP contribution in [0.1, 0.15) is 44.1 Å². The molecular formula is C28H21ClN2O7. The third kappa shape index (κ3) is 4.76. The first kappa shape index (κ1) is 25.2. The number of carbonyl (C=O) groups excluding carboxylic acids is 5. The number of furan rings is 1. The fourth-order valence-corrected chi connectivity index (χ4v) is 4.73. The van der Waals surface area contributed by atoms with Crippen molar-refractivity contribution in [2.75, 3.05) is 6.54 Å². The number of nitrogens with zero attached hydrogens (tertiary/aromatic N) is 2. The average molecular weight is 533 g/mol. The molecule has 1 aromatic heterocycles. The molecule has 1 fully saturated rings. The lowest BCUT2D eigenvalue weighted by molar-refractivity contribution is -0.154. The molecule has 2 heterocycles. The van der Waals surface area contributed by atoms with Crippen molar-refractivity contribution in [3.05, 3.63) is 101 Å². The summed E-state index contributed by atoms with van der Waals surface area (Å²) in [5.41, 5.74) is 0.230. The van der Waals surface area contributed by atoms with E-state index in [4.69, 9.17) is 20.8 Å². The highest BCUT2D eigenvalue weighted by Gasteiger charge is 2.51. The van der Waals surface area contributed by atoms with E-state index < -0.39 is 47.9 Å². The van der Waals surface area contributed by atoms with Gasteiger partial charge in [0.2, 0.25) is 5.76 Å². The summed E-state index contributed by atoms with van der Waals surface area (Å²) in [5.74, 6) is -4.03. The number of hydrazine groups is 1. The molecule has 2 aliphatic rings. The highest BCUT2D eigenvalue weighted by atomic mass is 35.5. The molecule has 2 atom stereocenters. The number of carbonyl (C=O) groups is 5. The number of amides is 3. The number of imide groups is 1. The molecule has 0 radical (unpaired) electrons. The van der Waals surface area contributed by atoms with Crippen LogP contribution >= 0.6 is 11.6 Å². The first-order chi connectivity index (χ1) is 18.3. The molecule has 5 rings (SSSR count). The molecule has 38 heavy (non-hydrogen) atoms. The smallest absolute Gasteiger partial charge is 0.379 e. The summed E-state index contributed by atoms with van der Waals surface area (Å²) in [6.45, 7) is -0.583. The second-order valence-electron chi connectivity index (χ2n) is 8.80. The third-order valence-electron chi connectivity index (χ3n) is 6.47. The van der Waals surface area contributed by atoms with Gasteiger partial charge in [0.05, 0.1) is 28.7 Å². The van der Waals surface area contributed by atoms with Crippen molar-refractivity contribution >= 4 is 41.1 Å². The van der Waals surface area contributed by atoms with Gasteiger partial charge in [-0.2, -0.15) is 5.01 Å². The molecule has 1 aliphatic heterocycles. The van der Waals surface area contributed by atoms with Crippen LogP contribution in [0.25, 0.3) is 0 Å². The summed E-state index contributed by atoms with van der Waals surface area (Å²) in [4.78, 5) is 65.4. The predicted octanol–water partition coefficient (Wildman–Crippen LogP) is 4.34. The predicted molar refractivity (Wildman–Crippen MR) is 134 cm³/mol. The maximum absolute atomic E-state index is 13.6. The van der Waals surface area contributed by atoms with Gasteiger partial charge in [0.15, 0.2) is 5.78 Å². The van der Waals surface area contributed by atoms with Crippen molar-refractivity contribution in [1.29, 1.82) is 0 Å². The highest BCUT2D eigenvalue weighted by Crippen LogP contribution is 2.36. The lowest BCUT2D eigenvalue weighted by atomic mass is 9.85. The van der Waals surface area contributed by atoms with E-state index in [0.29, 0.717) is 12.8 Å². The molecule has 3 amide bonds. The van der Waals surface area contributed by atoms with Crippen LogP contribution in [-0.4, -0.2) is 46.0 Å². The van der Waals surface area contributed by atoms with Gasteiger partial charge in [0.1, 0.15) is 12.3 Å². The molecule has 0 bridgehead atoms. The van der Waals surface area contributed by atoms with Crippen molar-refractivity contribution in [1.82, 2.24) is 10.0 Å². The molecule has 0 unspecified atom stereocenters. The molecular weight excluding hydrogens is 512 g/mol. The number of rotatable bonds is 7. The molecule has 0 N–H and O–H groups in total. The number of fused-ring (bicyclic) bond motifs is 1. The number of hydrogen-bond acceptors (Lipinski definition) is 7. The van der Waals surface area contributed by atoms with Gasteiger partial charge < -0.3 is 9.15 Å². The Kier molecular flexibility index (Phi) is 6.93. The summed E-state index contributed by atoms with van der Waals surface area (Å²) in [6.07, 6.45) is 5.77. The quantitative estimate of drug-likeness (QED) is 0.146. The summed E-state index contributed by atoms with van der Waals surface area (Å²) < 4.78 is 10.2. The molecule has 192 valence electrons. The van der Waals surface area contributed by atoms with Crippen molar-refractivity contribution in [2.45, 2.75) is 12.8 Å². The maximum Gasteiger partial charge on any atom is 0.379 e. The molecule has 10 heteroatoms. The van der Waals surface area contributed by atoms with Crippen molar-refractivity contribution in [3.63, 3.8) is 0 Å². The SMILES string of the molecule is O=C(CN(C(=O)c1ccccc1Cl)N1C(=O)[C@H]2CC=CC[C@H]2C1=O)c1ccc(OC(=O)c2ccco2)cc1. The van der Waals surface area contributed by atoms with Crippen molar-refractivity contribution in [3.8, 4) is 5.75 Å². The third-order valence-corrected chi connectivity index (χ3v) is 6.80. The van der Waals surface area contributed by atoms with Gasteiger partial charge in [-0.1, -0.05) is 35.9 Å². The van der Waals surface area contributed by atoms with Gasteiger partial charge in [-0.05, 0) is 61.4 Å². The van der Waals surface area contributed by atoms with E-state index in [2.05, 4.69) is 0 Å². The molecule has 0 saturated carbocycles. The van der Waals surface area contributed by atoms with E-state index in [9.17, 15) is 24.0 Å². The Morgan fingerprint density at radius 1 is 0.921 bits per heavy atom. The fourth-order valence-electron chi connectivity index (χ4n) is 4.52. The average Bonchev–Trinajstić information content (AvgIpc) is 3.55. The van der Waals surface area contributed by atoms with E-state index in [1.54, 1.807) is 18.2 Å². The normalized spacial score (nSPS) is 18.3. The van der Waals surface area contributed by atoms with Gasteiger partial charge in [-0.3, -0.25) is 19.2 Å². The Labute approximate surface area is 222 Å². The molecule has 2 aromatic carbocycles. The molecule has 1 aliphatic carbocycles. The standard InChI is InChI=1S/C28H21ClN2O7/c29-22-9-4-3-8-21(22)25(33)30(31-26(34)19-6-1-2-7-20(19)27(31)35)16-23(32)17-11-13-18(14-12-17)38-28(36)24-10-5-15-37-24/h1-5,8-15,19-20H,6-7,16H2/t19-,20+. The van der Waals surface area contributed by atoms with Crippen LogP contribution in [0.4, 0.5) is 0 Å². The summed E-state index contributed by atoms with van der Waals surface area (Å²) >= 11 is 6.24. The minimum absolute atomic E-state index is 0.0228. The van der Waals surface area contributed by atoms with Crippen molar-refractivity contribution in [2.24, 2.45) is 11.8 Å². The lowest BCUT2D eigenvalue weighted by Crippen LogP contribution is -2.52. The van der Waals surface area contributed by atoms with Crippen LogP contribution in [0.5, 0.6) is 5.75 Å². The summed E-state index contributed by atoms with van der Waals surface area (Å²) in [7, 11) is 0. The molecule has 9 nitrogen and oxygen atoms in total. The Hall–Kier alpha value is -4.50. The van der Waals surface area contributed by atoms with Gasteiger partial charge in [-0.15, -0.1) is 0 Å². The molecule has 1 saturated heterocycles. The number of allylic oxidation sites excluding steroid dienone is 2. The number of halogens is 1. The second kappa shape index (κ2) is 10.5. The van der Waals surface area contributed by atoms with Gasteiger partial charge in [0, 0.05) is 5.56 Å². The Morgan fingerprint density at radius 2 is 1.58 bits per heavy atom. The van der Waals surface area contributed by atoms with Crippen LogP contribution in [-0.2, 0) is 9.59 Å². The van der Waals surface area contributed by atoms with Crippen LogP contribution < -0.4 is 4.74 Å². The van der Waals surface area contributed by atoms with Gasteiger partial charge >= 0.3 is 5.97 Å². The topological polar surface area (TPSA) is 114 Å². The van der Waals surface area contributed by atoms with E-state index in [0.717, 1.165) is 10.0 Å². The zero-order valence-corrected chi connectivity index (χ0v) is 20.7. The maximum atomic E-state index is 13.6. The largest absolute Gasteiger partial charge is 0.457 e. The summed E-state index contributed by atoms with van der Waals surface area (Å²) in [6, 6.07) is 14.9. The van der Waals surface area contributed by atoms with E-state index >= 15 is 0 Å². The monoisotopic (exact) mass is 532 g/mol. The molecule has 0 spiro atoms. The van der Waals surface area contributed by atoms with Crippen LogP contribution in [0, 0.1) is 11.8 Å². The first-order valence-electron chi connectivity index (χ1n) is 11.8. The van der Waals surface area contributed by atoms with Gasteiger partial charge in [-0.25, -0.2) is 9.80 Å². The van der Waals surface area contributed by atoms with E-state index in [-0.39, 0.29) is 27.7 Å². The van der Waals surface area contributed by atoms with Crippen LogP contribution in [0.3, 0.4) is 0 Å². The number of ether oxygens (including phenoxy) is 1. The number of Topliss-reactive ketones (excluding diaryl/α,β-unsaturated/α-hetero) is 1. The van der Waals surface area contributed by atoms with E-state index in [1.807, 2.05) is 12.2 Å². The lowest BCUT2D eigenvalue weighted by Gasteiger charge is -2.30. The Balaban J connectivity index is 1.39. The fraction of sp³-hybridized carbons (Fsp3) is 0.179. The number of ketones is 1. The first-order valence-corrected chi connectivity index (χ1v) is 12.2. The highest BCUT2D eigenvalue weighted by molar-refractivity contribution is 6.34. The van der Waals surface area contributed by atoms with E-state index in [1.165, 1.54) is 48.7 Å². The number of esters is 1. The summed E-state index contributed by atoms with van der Waals surface area (Å²) in [5, 5.41) is 1.79. The number of hydrogen-bond donors (Lipinski definition) is 0. The minimum atomic E-state index is -0.749. The van der Waals surface area contributed by atoms with Crippen LogP contribution in [0.2, 0.25) is 5.02 Å². The van der Waals surface area contributed by atoms with Crippen LogP contribution in [0.15, 0.2) is 83.5 Å². The second-order valence-corrected chi connectivity index (χ2v) is 9.21. The Bertz CT molecular complexity index is 1420. The Morgan fingerprint density at radius 3 is 2.18 bits per heavy atom. The minimum Gasteiger partial charge on any atom is -0.457 e. The van der Waals surface area contributed by atoms with Gasteiger partial charge in [0.25, 0.3) is 17.7 Å². The van der Waals surface area contributed by atoms with Crippen molar-refractivity contribution < 1.29 is 33.1 Å². The zero-order chi connectivity index (χ0) is 26.8.